The third kappa shape index (κ3) is 4.58. The average Bonchev–Trinajstić information content (AvgIpc) is 3.03. The van der Waals surface area contributed by atoms with Crippen LogP contribution in [0.4, 0.5) is 4.79 Å². The number of likely N-dealkylation sites (tertiary alicyclic amines) is 1. The number of hydrogen-bond donors (Lipinski definition) is 3. The highest BCUT2D eigenvalue weighted by Crippen LogP contribution is 2.24. The van der Waals surface area contributed by atoms with Gasteiger partial charge in [-0.2, -0.15) is 0 Å². The summed E-state index contributed by atoms with van der Waals surface area (Å²) in [4.78, 5) is 14.0. The molecule has 1 aromatic heterocycles. The fourth-order valence-electron chi connectivity index (χ4n) is 3.06. The van der Waals surface area contributed by atoms with Crippen molar-refractivity contribution in [1.82, 2.24) is 10.2 Å². The summed E-state index contributed by atoms with van der Waals surface area (Å²) >= 11 is 5.89. The lowest BCUT2D eigenvalue weighted by Crippen LogP contribution is -2.41. The van der Waals surface area contributed by atoms with Crippen LogP contribution in [0.2, 0.25) is 5.02 Å². The molecule has 1 fully saturated rings. The first kappa shape index (κ1) is 18.8. The topological polar surface area (TPSA) is 85.9 Å². The van der Waals surface area contributed by atoms with Gasteiger partial charge in [0.05, 0.1) is 18.8 Å². The fourth-order valence-corrected chi connectivity index (χ4v) is 3.18. The summed E-state index contributed by atoms with van der Waals surface area (Å²) in [5.41, 5.74) is -0.161. The van der Waals surface area contributed by atoms with Gasteiger partial charge in [-0.15, -0.1) is 0 Å². The second kappa shape index (κ2) is 8.12. The number of hydrogen-bond acceptors (Lipinski definition) is 4. The molecule has 1 aromatic carbocycles. The lowest BCUT2D eigenvalue weighted by Gasteiger charge is -2.24. The molecule has 0 aliphatic carbocycles. The molecule has 0 saturated carbocycles. The Hall–Kier alpha value is -2.02. The van der Waals surface area contributed by atoms with Crippen molar-refractivity contribution in [2.24, 2.45) is 0 Å². The van der Waals surface area contributed by atoms with E-state index in [1.807, 2.05) is 24.3 Å². The lowest BCUT2D eigenvalue weighted by molar-refractivity contribution is -0.0248. The van der Waals surface area contributed by atoms with Crippen molar-refractivity contribution in [2.45, 2.75) is 31.4 Å². The van der Waals surface area contributed by atoms with Crippen molar-refractivity contribution in [3.05, 3.63) is 47.2 Å². The Morgan fingerprint density at radius 1 is 1.19 bits per heavy atom. The highest BCUT2D eigenvalue weighted by molar-refractivity contribution is 6.30. The smallest absolute Gasteiger partial charge is 0.317 e. The summed E-state index contributed by atoms with van der Waals surface area (Å²) in [6, 6.07) is 10.8. The maximum atomic E-state index is 12.4. The first-order valence-electron chi connectivity index (χ1n) is 8.70. The van der Waals surface area contributed by atoms with E-state index in [2.05, 4.69) is 5.32 Å². The number of amides is 2. The molecule has 0 unspecified atom stereocenters. The molecule has 1 aliphatic rings. The maximum absolute atomic E-state index is 12.4. The molecule has 0 radical (unpaired) electrons. The maximum Gasteiger partial charge on any atom is 0.317 e. The summed E-state index contributed by atoms with van der Waals surface area (Å²) in [5, 5.41) is 22.9. The number of carbonyl (C=O) groups excluding carboxylic acids is 1. The molecule has 0 bridgehead atoms. The number of carbonyl (C=O) groups is 1. The van der Waals surface area contributed by atoms with Crippen LogP contribution < -0.4 is 5.32 Å². The standard InChI is InChI=1S/C19H23ClN2O4/c20-15-4-2-14(3-5-15)17-7-6-16(26-17)12-21-18(24)22-10-1-8-19(25,13-23)9-11-22/h2-7,23,25H,1,8-13H2,(H,21,24)/t19-/m0/s1. The molecule has 3 rings (SSSR count). The predicted molar refractivity (Wildman–Crippen MR) is 98.8 cm³/mol. The number of nitrogens with zero attached hydrogens (tertiary/aromatic N) is 1. The van der Waals surface area contributed by atoms with Crippen molar-refractivity contribution in [3.63, 3.8) is 0 Å². The minimum Gasteiger partial charge on any atom is -0.459 e. The van der Waals surface area contributed by atoms with Crippen LogP contribution in [0.5, 0.6) is 0 Å². The van der Waals surface area contributed by atoms with E-state index in [9.17, 15) is 15.0 Å². The van der Waals surface area contributed by atoms with Crippen molar-refractivity contribution in [1.29, 1.82) is 0 Å². The van der Waals surface area contributed by atoms with Gasteiger partial charge in [-0.25, -0.2) is 4.79 Å². The van der Waals surface area contributed by atoms with Crippen LogP contribution in [0.3, 0.4) is 0 Å². The number of halogens is 1. The minimum absolute atomic E-state index is 0.198. The van der Waals surface area contributed by atoms with Gasteiger partial charge in [-0.1, -0.05) is 11.6 Å². The quantitative estimate of drug-likeness (QED) is 0.763. The van der Waals surface area contributed by atoms with Gasteiger partial charge in [0, 0.05) is 23.7 Å². The Morgan fingerprint density at radius 3 is 2.69 bits per heavy atom. The van der Waals surface area contributed by atoms with Gasteiger partial charge >= 0.3 is 6.03 Å². The Morgan fingerprint density at radius 2 is 1.96 bits per heavy atom. The van der Waals surface area contributed by atoms with Gasteiger partial charge in [-0.05, 0) is 55.7 Å². The van der Waals surface area contributed by atoms with Crippen LogP contribution >= 0.6 is 11.6 Å². The number of furan rings is 1. The van der Waals surface area contributed by atoms with Crippen LogP contribution in [0, 0.1) is 0 Å². The monoisotopic (exact) mass is 378 g/mol. The zero-order valence-electron chi connectivity index (χ0n) is 14.4. The molecule has 6 nitrogen and oxygen atoms in total. The Kier molecular flexibility index (Phi) is 5.86. The van der Waals surface area contributed by atoms with E-state index in [1.165, 1.54) is 0 Å². The van der Waals surface area contributed by atoms with Gasteiger partial charge in [0.25, 0.3) is 0 Å². The summed E-state index contributed by atoms with van der Waals surface area (Å²) in [5.74, 6) is 1.37. The molecule has 1 atom stereocenters. The second-order valence-electron chi connectivity index (χ2n) is 6.65. The zero-order chi connectivity index (χ0) is 18.6. The molecule has 140 valence electrons. The van der Waals surface area contributed by atoms with E-state index >= 15 is 0 Å². The first-order chi connectivity index (χ1) is 12.5. The van der Waals surface area contributed by atoms with Gasteiger partial charge in [0.2, 0.25) is 0 Å². The molecular formula is C19H23ClN2O4. The normalized spacial score (nSPS) is 20.7. The summed E-state index contributed by atoms with van der Waals surface area (Å²) in [7, 11) is 0. The SMILES string of the molecule is O=C(NCc1ccc(-c2ccc(Cl)cc2)o1)N1CCC[C@@](O)(CO)CC1. The number of nitrogens with one attached hydrogen (secondary N) is 1. The van der Waals surface area contributed by atoms with Crippen LogP contribution in [0.15, 0.2) is 40.8 Å². The van der Waals surface area contributed by atoms with Crippen molar-refractivity contribution in [3.8, 4) is 11.3 Å². The fraction of sp³-hybridized carbons (Fsp3) is 0.421. The van der Waals surface area contributed by atoms with E-state index in [0.717, 1.165) is 5.56 Å². The van der Waals surface area contributed by atoms with Crippen LogP contribution in [-0.2, 0) is 6.54 Å². The molecule has 2 amide bonds. The summed E-state index contributed by atoms with van der Waals surface area (Å²) < 4.78 is 5.77. The number of benzene rings is 1. The van der Waals surface area contributed by atoms with Crippen molar-refractivity contribution >= 4 is 17.6 Å². The number of rotatable bonds is 4. The third-order valence-corrected chi connectivity index (χ3v) is 4.95. The van der Waals surface area contributed by atoms with Crippen LogP contribution in [0.25, 0.3) is 11.3 Å². The lowest BCUT2D eigenvalue weighted by atomic mass is 9.96. The average molecular weight is 379 g/mol. The number of aliphatic hydroxyl groups excluding tert-OH is 1. The van der Waals surface area contributed by atoms with E-state index in [-0.39, 0.29) is 19.2 Å². The molecule has 2 aromatic rings. The van der Waals surface area contributed by atoms with Gasteiger partial charge in [0.15, 0.2) is 0 Å². The number of urea groups is 1. The van der Waals surface area contributed by atoms with Crippen molar-refractivity contribution < 1.29 is 19.4 Å². The van der Waals surface area contributed by atoms with Crippen molar-refractivity contribution in [2.75, 3.05) is 19.7 Å². The first-order valence-corrected chi connectivity index (χ1v) is 9.08. The van der Waals surface area contributed by atoms with Gasteiger partial charge in [0.1, 0.15) is 11.5 Å². The van der Waals surface area contributed by atoms with Gasteiger partial charge in [-0.3, -0.25) is 0 Å². The molecule has 1 saturated heterocycles. The molecule has 3 N–H and O–H groups in total. The van der Waals surface area contributed by atoms with E-state index < -0.39 is 5.60 Å². The molecular weight excluding hydrogens is 356 g/mol. The largest absolute Gasteiger partial charge is 0.459 e. The molecule has 0 spiro atoms. The third-order valence-electron chi connectivity index (χ3n) is 4.70. The molecule has 1 aliphatic heterocycles. The number of aliphatic hydroxyl groups is 2. The van der Waals surface area contributed by atoms with E-state index in [4.69, 9.17) is 16.0 Å². The minimum atomic E-state index is -1.08. The van der Waals surface area contributed by atoms with Crippen LogP contribution in [-0.4, -0.2) is 46.4 Å². The highest BCUT2D eigenvalue weighted by atomic mass is 35.5. The zero-order valence-corrected chi connectivity index (χ0v) is 15.2. The highest BCUT2D eigenvalue weighted by Gasteiger charge is 2.30. The molecule has 26 heavy (non-hydrogen) atoms. The Bertz CT molecular complexity index is 746. The molecule has 2 heterocycles. The van der Waals surface area contributed by atoms with Crippen LogP contribution in [0.1, 0.15) is 25.0 Å². The summed E-state index contributed by atoms with van der Waals surface area (Å²) in [6.07, 6.45) is 1.53. The van der Waals surface area contributed by atoms with E-state index in [1.54, 1.807) is 17.0 Å². The summed E-state index contributed by atoms with van der Waals surface area (Å²) in [6.45, 7) is 0.981. The van der Waals surface area contributed by atoms with E-state index in [0.29, 0.717) is 48.9 Å². The second-order valence-corrected chi connectivity index (χ2v) is 7.09. The van der Waals surface area contributed by atoms with Gasteiger partial charge < -0.3 is 24.8 Å². The Balaban J connectivity index is 1.54. The Labute approximate surface area is 157 Å². The molecule has 7 heteroatoms. The predicted octanol–water partition coefficient (Wildman–Crippen LogP) is 3.02.